The number of nitrogens with one attached hydrogen (secondary N) is 1. The number of hydrogen-bond acceptors (Lipinski definition) is 2. The normalized spacial score (nSPS) is 12.9. The molecule has 0 amide bonds. The van der Waals surface area contributed by atoms with Gasteiger partial charge in [-0.05, 0) is 55.4 Å². The van der Waals surface area contributed by atoms with E-state index in [2.05, 4.69) is 50.4 Å². The second-order valence-corrected chi connectivity index (χ2v) is 5.71. The van der Waals surface area contributed by atoms with E-state index < -0.39 is 0 Å². The van der Waals surface area contributed by atoms with E-state index in [1.807, 2.05) is 0 Å². The highest BCUT2D eigenvalue weighted by atomic mass is 14.9. The predicted molar refractivity (Wildman–Crippen MR) is 79.8 cm³/mol. The molecule has 0 aliphatic heterocycles. The van der Waals surface area contributed by atoms with Gasteiger partial charge in [0, 0.05) is 0 Å². The second kappa shape index (κ2) is 8.28. The maximum absolute atomic E-state index is 5.58. The molecule has 2 nitrogen and oxygen atoms in total. The summed E-state index contributed by atoms with van der Waals surface area (Å²) in [5, 5.41) is 3.45. The third kappa shape index (κ3) is 6.18. The van der Waals surface area contributed by atoms with Crippen LogP contribution in [0.1, 0.15) is 31.9 Å². The van der Waals surface area contributed by atoms with Gasteiger partial charge >= 0.3 is 0 Å². The van der Waals surface area contributed by atoms with Crippen molar-refractivity contribution in [1.82, 2.24) is 5.32 Å². The van der Waals surface area contributed by atoms with Crippen LogP contribution in [0.5, 0.6) is 0 Å². The van der Waals surface area contributed by atoms with Gasteiger partial charge in [0.1, 0.15) is 0 Å². The quantitative estimate of drug-likeness (QED) is 0.694. The first-order valence-electron chi connectivity index (χ1n) is 7.10. The highest BCUT2D eigenvalue weighted by molar-refractivity contribution is 5.23. The van der Waals surface area contributed by atoms with E-state index in [-0.39, 0.29) is 0 Å². The Bertz CT molecular complexity index is 316. The Kier molecular flexibility index (Phi) is 6.99. The molecular weight excluding hydrogens is 220 g/mol. The van der Waals surface area contributed by atoms with E-state index in [1.54, 1.807) is 0 Å². The van der Waals surface area contributed by atoms with Crippen LogP contribution in [0.3, 0.4) is 0 Å². The molecule has 0 bridgehead atoms. The first-order valence-corrected chi connectivity index (χ1v) is 7.10. The van der Waals surface area contributed by atoms with Crippen LogP contribution in [0, 0.1) is 11.8 Å². The van der Waals surface area contributed by atoms with Crippen LogP contribution in [0.25, 0.3) is 0 Å². The average molecular weight is 248 g/mol. The zero-order valence-corrected chi connectivity index (χ0v) is 12.1. The van der Waals surface area contributed by atoms with Gasteiger partial charge in [-0.3, -0.25) is 0 Å². The molecule has 0 aromatic heterocycles. The minimum atomic E-state index is 0.568. The fourth-order valence-corrected chi connectivity index (χ4v) is 1.98. The van der Waals surface area contributed by atoms with Gasteiger partial charge in [-0.15, -0.1) is 0 Å². The maximum atomic E-state index is 5.58. The molecule has 1 aromatic rings. The van der Waals surface area contributed by atoms with Crippen molar-refractivity contribution in [3.63, 3.8) is 0 Å². The molecule has 0 aliphatic carbocycles. The standard InChI is InChI=1S/C16H28N2/c1-13(2)10-16-6-4-15(5-7-16)8-9-18-12-14(3)11-17/h4-7,13-14,18H,8-12,17H2,1-3H3. The van der Waals surface area contributed by atoms with Crippen LogP contribution in [0.4, 0.5) is 0 Å². The molecule has 3 N–H and O–H groups in total. The molecule has 0 aliphatic rings. The molecule has 0 heterocycles. The predicted octanol–water partition coefficient (Wildman–Crippen LogP) is 2.61. The van der Waals surface area contributed by atoms with E-state index >= 15 is 0 Å². The topological polar surface area (TPSA) is 38.0 Å². The molecular formula is C16H28N2. The fraction of sp³-hybridized carbons (Fsp3) is 0.625. The van der Waals surface area contributed by atoms with Gasteiger partial charge < -0.3 is 11.1 Å². The zero-order chi connectivity index (χ0) is 13.4. The average Bonchev–Trinajstić information content (AvgIpc) is 2.35. The summed E-state index contributed by atoms with van der Waals surface area (Å²) >= 11 is 0. The second-order valence-electron chi connectivity index (χ2n) is 5.71. The molecule has 1 atom stereocenters. The molecule has 0 saturated heterocycles. The van der Waals surface area contributed by atoms with E-state index in [0.717, 1.165) is 32.0 Å². The van der Waals surface area contributed by atoms with Crippen molar-refractivity contribution in [2.45, 2.75) is 33.6 Å². The van der Waals surface area contributed by atoms with Crippen molar-refractivity contribution >= 4 is 0 Å². The highest BCUT2D eigenvalue weighted by Gasteiger charge is 2.00. The third-order valence-corrected chi connectivity index (χ3v) is 3.15. The Hall–Kier alpha value is -0.860. The molecule has 0 spiro atoms. The van der Waals surface area contributed by atoms with Crippen molar-refractivity contribution in [1.29, 1.82) is 0 Å². The van der Waals surface area contributed by atoms with Crippen LogP contribution < -0.4 is 11.1 Å². The number of hydrogen-bond donors (Lipinski definition) is 2. The Morgan fingerprint density at radius 2 is 1.67 bits per heavy atom. The largest absolute Gasteiger partial charge is 0.330 e. The van der Waals surface area contributed by atoms with E-state index in [0.29, 0.717) is 5.92 Å². The number of benzene rings is 1. The zero-order valence-electron chi connectivity index (χ0n) is 12.1. The van der Waals surface area contributed by atoms with Gasteiger partial charge in [0.2, 0.25) is 0 Å². The lowest BCUT2D eigenvalue weighted by atomic mass is 10.0. The third-order valence-electron chi connectivity index (χ3n) is 3.15. The lowest BCUT2D eigenvalue weighted by molar-refractivity contribution is 0.524. The lowest BCUT2D eigenvalue weighted by Gasteiger charge is -2.10. The molecule has 1 aromatic carbocycles. The molecule has 102 valence electrons. The van der Waals surface area contributed by atoms with E-state index in [4.69, 9.17) is 5.73 Å². The van der Waals surface area contributed by atoms with E-state index in [9.17, 15) is 0 Å². The summed E-state index contributed by atoms with van der Waals surface area (Å²) in [7, 11) is 0. The van der Waals surface area contributed by atoms with Gasteiger partial charge in [-0.2, -0.15) is 0 Å². The Morgan fingerprint density at radius 3 is 2.22 bits per heavy atom. The van der Waals surface area contributed by atoms with Gasteiger partial charge in [-0.1, -0.05) is 45.0 Å². The smallest absolute Gasteiger partial charge is 0.000823 e. The van der Waals surface area contributed by atoms with Crippen molar-refractivity contribution in [2.24, 2.45) is 17.6 Å². The van der Waals surface area contributed by atoms with Crippen LogP contribution in [-0.2, 0) is 12.8 Å². The summed E-state index contributed by atoms with van der Waals surface area (Å²) in [5.74, 6) is 1.30. The van der Waals surface area contributed by atoms with Crippen molar-refractivity contribution < 1.29 is 0 Å². The minimum Gasteiger partial charge on any atom is -0.330 e. The van der Waals surface area contributed by atoms with Crippen molar-refractivity contribution in [3.8, 4) is 0 Å². The van der Waals surface area contributed by atoms with Crippen LogP contribution in [0.15, 0.2) is 24.3 Å². The van der Waals surface area contributed by atoms with Gasteiger partial charge in [-0.25, -0.2) is 0 Å². The summed E-state index contributed by atoms with van der Waals surface area (Å²) in [6.45, 7) is 9.51. The lowest BCUT2D eigenvalue weighted by Crippen LogP contribution is -2.27. The summed E-state index contributed by atoms with van der Waals surface area (Å²) in [4.78, 5) is 0. The molecule has 0 radical (unpaired) electrons. The Labute approximate surface area is 112 Å². The summed E-state index contributed by atoms with van der Waals surface area (Å²) in [6.07, 6.45) is 2.27. The summed E-state index contributed by atoms with van der Waals surface area (Å²) in [5.41, 5.74) is 8.44. The minimum absolute atomic E-state index is 0.568. The summed E-state index contributed by atoms with van der Waals surface area (Å²) < 4.78 is 0. The maximum Gasteiger partial charge on any atom is -0.000823 e. The van der Waals surface area contributed by atoms with Crippen molar-refractivity contribution in [3.05, 3.63) is 35.4 Å². The van der Waals surface area contributed by atoms with Crippen molar-refractivity contribution in [2.75, 3.05) is 19.6 Å². The molecule has 2 heteroatoms. The van der Waals surface area contributed by atoms with Crippen LogP contribution >= 0.6 is 0 Å². The molecule has 18 heavy (non-hydrogen) atoms. The van der Waals surface area contributed by atoms with Gasteiger partial charge in [0.15, 0.2) is 0 Å². The molecule has 0 fully saturated rings. The Balaban J connectivity index is 2.26. The molecule has 0 saturated carbocycles. The van der Waals surface area contributed by atoms with Crippen LogP contribution in [0.2, 0.25) is 0 Å². The molecule has 1 rings (SSSR count). The summed E-state index contributed by atoms with van der Waals surface area (Å²) in [6, 6.07) is 9.03. The SMILES string of the molecule is CC(C)Cc1ccc(CCNCC(C)CN)cc1. The van der Waals surface area contributed by atoms with Gasteiger partial charge in [0.05, 0.1) is 0 Å². The first-order chi connectivity index (χ1) is 8.61. The van der Waals surface area contributed by atoms with Gasteiger partial charge in [0.25, 0.3) is 0 Å². The highest BCUT2D eigenvalue weighted by Crippen LogP contribution is 2.10. The van der Waals surface area contributed by atoms with Crippen LogP contribution in [-0.4, -0.2) is 19.6 Å². The Morgan fingerprint density at radius 1 is 1.06 bits per heavy atom. The fourth-order valence-electron chi connectivity index (χ4n) is 1.98. The molecule has 1 unspecified atom stereocenters. The monoisotopic (exact) mass is 248 g/mol. The number of nitrogens with two attached hydrogens (primary N) is 1. The van der Waals surface area contributed by atoms with E-state index in [1.165, 1.54) is 17.5 Å². The number of rotatable bonds is 8. The first kappa shape index (κ1) is 15.2.